The Labute approximate surface area is 172 Å². The predicted octanol–water partition coefficient (Wildman–Crippen LogP) is 3.30. The quantitative estimate of drug-likeness (QED) is 0.620. The van der Waals surface area contributed by atoms with Crippen molar-refractivity contribution in [1.29, 1.82) is 0 Å². The van der Waals surface area contributed by atoms with Gasteiger partial charge < -0.3 is 24.3 Å². The summed E-state index contributed by atoms with van der Waals surface area (Å²) >= 11 is 1.28. The lowest BCUT2D eigenvalue weighted by Gasteiger charge is -2.10. The topological polar surface area (TPSA) is 100 Å². The van der Waals surface area contributed by atoms with E-state index in [4.69, 9.17) is 18.9 Å². The van der Waals surface area contributed by atoms with Gasteiger partial charge in [0.2, 0.25) is 0 Å². The SMILES string of the molecule is CCOC(=O)c1cc(CC)sc1NC(=O)COC(=O)c1ccc(OC)cc1OC. The van der Waals surface area contributed by atoms with Crippen molar-refractivity contribution in [2.45, 2.75) is 20.3 Å². The monoisotopic (exact) mass is 421 g/mol. The van der Waals surface area contributed by atoms with Crippen LogP contribution in [0.15, 0.2) is 24.3 Å². The molecule has 0 spiro atoms. The van der Waals surface area contributed by atoms with Crippen LogP contribution in [0.1, 0.15) is 39.4 Å². The molecule has 8 nitrogen and oxygen atoms in total. The maximum atomic E-state index is 12.3. The van der Waals surface area contributed by atoms with Gasteiger partial charge in [-0.25, -0.2) is 9.59 Å². The van der Waals surface area contributed by atoms with Crippen LogP contribution in [0.3, 0.4) is 0 Å². The third-order valence-electron chi connectivity index (χ3n) is 3.84. The highest BCUT2D eigenvalue weighted by Gasteiger charge is 2.20. The van der Waals surface area contributed by atoms with E-state index >= 15 is 0 Å². The Balaban J connectivity index is 2.04. The zero-order chi connectivity index (χ0) is 21.4. The van der Waals surface area contributed by atoms with Crippen LogP contribution < -0.4 is 14.8 Å². The first-order valence-electron chi connectivity index (χ1n) is 8.92. The number of esters is 2. The molecular weight excluding hydrogens is 398 g/mol. The Hall–Kier alpha value is -3.07. The number of hydrogen-bond acceptors (Lipinski definition) is 8. The van der Waals surface area contributed by atoms with E-state index in [1.54, 1.807) is 25.1 Å². The van der Waals surface area contributed by atoms with E-state index in [0.29, 0.717) is 17.2 Å². The maximum Gasteiger partial charge on any atom is 0.342 e. The Morgan fingerprint density at radius 2 is 1.69 bits per heavy atom. The van der Waals surface area contributed by atoms with Gasteiger partial charge in [0.05, 0.1) is 26.4 Å². The van der Waals surface area contributed by atoms with Crippen molar-refractivity contribution in [2.75, 3.05) is 32.8 Å². The highest BCUT2D eigenvalue weighted by Crippen LogP contribution is 2.29. The van der Waals surface area contributed by atoms with Crippen LogP contribution in [0.4, 0.5) is 5.00 Å². The highest BCUT2D eigenvalue weighted by molar-refractivity contribution is 7.16. The molecule has 1 amide bonds. The highest BCUT2D eigenvalue weighted by atomic mass is 32.1. The molecule has 0 fully saturated rings. The summed E-state index contributed by atoms with van der Waals surface area (Å²) in [5.41, 5.74) is 0.447. The van der Waals surface area contributed by atoms with Crippen LogP contribution in [0.5, 0.6) is 11.5 Å². The van der Waals surface area contributed by atoms with Gasteiger partial charge in [-0.3, -0.25) is 4.79 Å². The molecule has 0 aliphatic rings. The number of methoxy groups -OCH3 is 2. The summed E-state index contributed by atoms with van der Waals surface area (Å²) in [6.07, 6.45) is 0.708. The number of carbonyl (C=O) groups excluding carboxylic acids is 3. The van der Waals surface area contributed by atoms with Crippen molar-refractivity contribution >= 4 is 34.2 Å². The summed E-state index contributed by atoms with van der Waals surface area (Å²) in [7, 11) is 2.91. The Kier molecular flexibility index (Phi) is 8.02. The van der Waals surface area contributed by atoms with Crippen LogP contribution >= 0.6 is 11.3 Å². The van der Waals surface area contributed by atoms with Crippen molar-refractivity contribution in [3.8, 4) is 11.5 Å². The standard InChI is InChI=1S/C20H23NO7S/c1-5-13-10-15(20(24)27-6-2)18(29-13)21-17(22)11-28-19(23)14-8-7-12(25-3)9-16(14)26-4/h7-10H,5-6,11H2,1-4H3,(H,21,22). The number of benzene rings is 1. The third-order valence-corrected chi connectivity index (χ3v) is 5.04. The smallest absolute Gasteiger partial charge is 0.342 e. The number of hydrogen-bond donors (Lipinski definition) is 1. The fourth-order valence-corrected chi connectivity index (χ4v) is 3.41. The molecule has 0 bridgehead atoms. The van der Waals surface area contributed by atoms with Gasteiger partial charge >= 0.3 is 11.9 Å². The molecule has 0 aliphatic carbocycles. The second kappa shape index (κ2) is 10.5. The first-order chi connectivity index (χ1) is 13.9. The van der Waals surface area contributed by atoms with Gasteiger partial charge in [-0.2, -0.15) is 0 Å². The summed E-state index contributed by atoms with van der Waals surface area (Å²) in [6.45, 7) is 3.35. The molecule has 0 unspecified atom stereocenters. The zero-order valence-electron chi connectivity index (χ0n) is 16.7. The number of rotatable bonds is 9. The summed E-state index contributed by atoms with van der Waals surface area (Å²) in [4.78, 5) is 37.5. The lowest BCUT2D eigenvalue weighted by Crippen LogP contribution is -2.21. The molecule has 2 aromatic rings. The summed E-state index contributed by atoms with van der Waals surface area (Å²) in [5, 5.41) is 2.97. The molecule has 0 aliphatic heterocycles. The van der Waals surface area contributed by atoms with Crippen molar-refractivity contribution in [1.82, 2.24) is 0 Å². The van der Waals surface area contributed by atoms with Crippen molar-refractivity contribution in [2.24, 2.45) is 0 Å². The normalized spacial score (nSPS) is 10.2. The van der Waals surface area contributed by atoms with Crippen LogP contribution in [0.2, 0.25) is 0 Å². The van der Waals surface area contributed by atoms with Crippen molar-refractivity contribution in [3.63, 3.8) is 0 Å². The average Bonchev–Trinajstić information content (AvgIpc) is 3.14. The minimum Gasteiger partial charge on any atom is -0.497 e. The van der Waals surface area contributed by atoms with Gasteiger partial charge in [-0.1, -0.05) is 6.92 Å². The van der Waals surface area contributed by atoms with Gasteiger partial charge in [-0.05, 0) is 31.5 Å². The van der Waals surface area contributed by atoms with Crippen molar-refractivity contribution < 1.29 is 33.3 Å². The van der Waals surface area contributed by atoms with E-state index in [1.165, 1.54) is 31.6 Å². The van der Waals surface area contributed by atoms with Gasteiger partial charge in [0.1, 0.15) is 22.1 Å². The lowest BCUT2D eigenvalue weighted by molar-refractivity contribution is -0.119. The van der Waals surface area contributed by atoms with Gasteiger partial charge in [0.15, 0.2) is 6.61 Å². The number of carbonyl (C=O) groups is 3. The van der Waals surface area contributed by atoms with E-state index in [-0.39, 0.29) is 23.5 Å². The van der Waals surface area contributed by atoms with Crippen LogP contribution in [0, 0.1) is 0 Å². The Morgan fingerprint density at radius 1 is 0.966 bits per heavy atom. The van der Waals surface area contributed by atoms with Crippen LogP contribution in [-0.2, 0) is 20.7 Å². The summed E-state index contributed by atoms with van der Waals surface area (Å²) in [5.74, 6) is -1.01. The molecule has 1 heterocycles. The first kappa shape index (κ1) is 22.2. The molecule has 0 saturated heterocycles. The van der Waals surface area contributed by atoms with E-state index in [0.717, 1.165) is 4.88 Å². The Morgan fingerprint density at radius 3 is 2.31 bits per heavy atom. The number of thiophene rings is 1. The van der Waals surface area contributed by atoms with Crippen LogP contribution in [-0.4, -0.2) is 45.3 Å². The number of amides is 1. The molecule has 1 aromatic carbocycles. The molecule has 2 rings (SSSR count). The molecule has 9 heteroatoms. The predicted molar refractivity (Wildman–Crippen MR) is 108 cm³/mol. The molecule has 1 N–H and O–H groups in total. The van der Waals surface area contributed by atoms with Crippen molar-refractivity contribution in [3.05, 3.63) is 40.3 Å². The number of anilines is 1. The molecule has 1 aromatic heterocycles. The van der Waals surface area contributed by atoms with E-state index in [2.05, 4.69) is 5.32 Å². The van der Waals surface area contributed by atoms with E-state index in [1.807, 2.05) is 6.92 Å². The number of aryl methyl sites for hydroxylation is 1. The second-order valence-corrected chi connectivity index (χ2v) is 6.86. The van der Waals surface area contributed by atoms with Crippen LogP contribution in [0.25, 0.3) is 0 Å². The van der Waals surface area contributed by atoms with Gasteiger partial charge in [0.25, 0.3) is 5.91 Å². The van der Waals surface area contributed by atoms with E-state index in [9.17, 15) is 14.4 Å². The second-order valence-electron chi connectivity index (χ2n) is 5.72. The van der Waals surface area contributed by atoms with Gasteiger partial charge in [0, 0.05) is 10.9 Å². The van der Waals surface area contributed by atoms with Gasteiger partial charge in [-0.15, -0.1) is 11.3 Å². The summed E-state index contributed by atoms with van der Waals surface area (Å²) < 4.78 is 20.3. The van der Waals surface area contributed by atoms with E-state index < -0.39 is 24.5 Å². The third kappa shape index (κ3) is 5.71. The molecule has 29 heavy (non-hydrogen) atoms. The zero-order valence-corrected chi connectivity index (χ0v) is 17.5. The maximum absolute atomic E-state index is 12.3. The first-order valence-corrected chi connectivity index (χ1v) is 9.73. The number of ether oxygens (including phenoxy) is 4. The molecule has 0 atom stereocenters. The average molecular weight is 421 g/mol. The minimum atomic E-state index is -0.717. The number of nitrogens with one attached hydrogen (secondary N) is 1. The molecule has 0 radical (unpaired) electrons. The lowest BCUT2D eigenvalue weighted by atomic mass is 10.2. The molecule has 0 saturated carbocycles. The minimum absolute atomic E-state index is 0.165. The largest absolute Gasteiger partial charge is 0.497 e. The Bertz CT molecular complexity index is 891. The molecule has 156 valence electrons. The summed E-state index contributed by atoms with van der Waals surface area (Å²) in [6, 6.07) is 6.30. The molecular formula is C20H23NO7S. The fraction of sp³-hybridized carbons (Fsp3) is 0.350. The fourth-order valence-electron chi connectivity index (χ4n) is 2.41.